The third-order valence-electron chi connectivity index (χ3n) is 3.14. The third-order valence-corrected chi connectivity index (χ3v) is 3.87. The van der Waals surface area contributed by atoms with Gasteiger partial charge in [-0.25, -0.2) is 17.5 Å². The molecule has 1 rings (SSSR count). The molecule has 6 nitrogen and oxygen atoms in total. The van der Waals surface area contributed by atoms with Crippen molar-refractivity contribution in [3.05, 3.63) is 35.1 Å². The summed E-state index contributed by atoms with van der Waals surface area (Å²) in [4.78, 5) is 4.30. The summed E-state index contributed by atoms with van der Waals surface area (Å²) in [5, 5.41) is 6.25. The highest BCUT2D eigenvalue weighted by atomic mass is 32.2. The van der Waals surface area contributed by atoms with Crippen LogP contribution in [0.4, 0.5) is 4.39 Å². The van der Waals surface area contributed by atoms with Crippen LogP contribution >= 0.6 is 0 Å². The first-order chi connectivity index (χ1) is 10.7. The number of rotatable bonds is 7. The predicted octanol–water partition coefficient (Wildman–Crippen LogP) is 1.30. The van der Waals surface area contributed by atoms with E-state index in [1.54, 1.807) is 13.0 Å². The number of nitrogens with zero attached hydrogens (tertiary/aromatic N) is 1. The minimum absolute atomic E-state index is 0.134. The quantitative estimate of drug-likeness (QED) is 0.396. The fourth-order valence-corrected chi connectivity index (χ4v) is 2.35. The number of guanidine groups is 1. The van der Waals surface area contributed by atoms with Gasteiger partial charge in [0.15, 0.2) is 5.96 Å². The molecule has 8 heteroatoms. The minimum atomic E-state index is -3.21. The van der Waals surface area contributed by atoms with E-state index in [1.165, 1.54) is 6.07 Å². The van der Waals surface area contributed by atoms with E-state index >= 15 is 0 Å². The molecule has 0 aromatic heterocycles. The molecule has 0 aliphatic heterocycles. The molecule has 0 heterocycles. The maximum atomic E-state index is 13.6. The van der Waals surface area contributed by atoms with Crippen LogP contribution in [-0.4, -0.2) is 40.3 Å². The Kier molecular flexibility index (Phi) is 7.44. The summed E-state index contributed by atoms with van der Waals surface area (Å²) in [6, 6.07) is 4.97. The van der Waals surface area contributed by atoms with Gasteiger partial charge in [0, 0.05) is 13.1 Å². The highest BCUT2D eigenvalue weighted by Gasteiger charge is 2.09. The van der Waals surface area contributed by atoms with Crippen LogP contribution < -0.4 is 15.4 Å². The van der Waals surface area contributed by atoms with Gasteiger partial charge in [-0.1, -0.05) is 12.1 Å². The molecular formula is C15H25FN4O2S. The molecule has 0 radical (unpaired) electrons. The second kappa shape index (κ2) is 8.83. The SMILES string of the molecule is CCNC(=NCCNS(C)(=O)=O)NC(C)c1ccc(C)c(F)c1. The van der Waals surface area contributed by atoms with E-state index in [0.29, 0.717) is 24.6 Å². The normalized spacial score (nSPS) is 13.7. The molecule has 0 aliphatic carbocycles. The standard InChI is InChI=1S/C15H25FN4O2S/c1-5-17-15(18-8-9-19-23(4,21)22)20-12(3)13-7-6-11(2)14(16)10-13/h6-7,10,12,19H,5,8-9H2,1-4H3,(H2,17,18,20). The van der Waals surface area contributed by atoms with Gasteiger partial charge in [-0.2, -0.15) is 0 Å². The topological polar surface area (TPSA) is 82.6 Å². The van der Waals surface area contributed by atoms with Gasteiger partial charge in [-0.3, -0.25) is 4.99 Å². The Balaban J connectivity index is 2.68. The molecule has 3 N–H and O–H groups in total. The summed E-state index contributed by atoms with van der Waals surface area (Å²) < 4.78 is 38.0. The van der Waals surface area contributed by atoms with Crippen LogP contribution in [0.3, 0.4) is 0 Å². The maximum Gasteiger partial charge on any atom is 0.208 e. The summed E-state index contributed by atoms with van der Waals surface area (Å²) in [5.74, 6) is 0.312. The molecule has 0 fully saturated rings. The van der Waals surface area contributed by atoms with E-state index in [2.05, 4.69) is 20.3 Å². The van der Waals surface area contributed by atoms with Gasteiger partial charge in [0.2, 0.25) is 10.0 Å². The lowest BCUT2D eigenvalue weighted by molar-refractivity contribution is 0.588. The lowest BCUT2D eigenvalue weighted by Crippen LogP contribution is -2.39. The van der Waals surface area contributed by atoms with Crippen LogP contribution in [0, 0.1) is 12.7 Å². The zero-order chi connectivity index (χ0) is 17.5. The van der Waals surface area contributed by atoms with Crippen molar-refractivity contribution in [3.63, 3.8) is 0 Å². The Morgan fingerprint density at radius 2 is 2.09 bits per heavy atom. The van der Waals surface area contributed by atoms with Crippen LogP contribution in [0.5, 0.6) is 0 Å². The van der Waals surface area contributed by atoms with Gasteiger partial charge < -0.3 is 10.6 Å². The van der Waals surface area contributed by atoms with Gasteiger partial charge in [0.05, 0.1) is 18.8 Å². The largest absolute Gasteiger partial charge is 0.357 e. The fourth-order valence-electron chi connectivity index (χ4n) is 1.89. The number of aliphatic imine (C=N–C) groups is 1. The molecule has 1 unspecified atom stereocenters. The molecule has 0 bridgehead atoms. The van der Waals surface area contributed by atoms with E-state index in [4.69, 9.17) is 0 Å². The van der Waals surface area contributed by atoms with Crippen molar-refractivity contribution in [1.82, 2.24) is 15.4 Å². The number of hydrogen-bond donors (Lipinski definition) is 3. The first-order valence-corrected chi connectivity index (χ1v) is 9.37. The van der Waals surface area contributed by atoms with Crippen LogP contribution in [0.1, 0.15) is 31.0 Å². The lowest BCUT2D eigenvalue weighted by atomic mass is 10.1. The second-order valence-corrected chi connectivity index (χ2v) is 7.13. The van der Waals surface area contributed by atoms with Crippen molar-refractivity contribution in [2.24, 2.45) is 4.99 Å². The molecule has 0 saturated heterocycles. The summed E-state index contributed by atoms with van der Waals surface area (Å²) in [6.07, 6.45) is 1.11. The molecule has 0 spiro atoms. The molecule has 0 saturated carbocycles. The molecule has 23 heavy (non-hydrogen) atoms. The molecule has 1 aromatic carbocycles. The van der Waals surface area contributed by atoms with Crippen molar-refractivity contribution in [2.75, 3.05) is 25.9 Å². The van der Waals surface area contributed by atoms with E-state index in [1.807, 2.05) is 19.9 Å². The van der Waals surface area contributed by atoms with Gasteiger partial charge >= 0.3 is 0 Å². The Hall–Kier alpha value is -1.67. The van der Waals surface area contributed by atoms with Crippen molar-refractivity contribution < 1.29 is 12.8 Å². The van der Waals surface area contributed by atoms with E-state index in [9.17, 15) is 12.8 Å². The number of nitrogens with one attached hydrogen (secondary N) is 3. The molecule has 1 atom stereocenters. The van der Waals surface area contributed by atoms with Crippen LogP contribution in [0.15, 0.2) is 23.2 Å². The van der Waals surface area contributed by atoms with E-state index in [-0.39, 0.29) is 18.4 Å². The lowest BCUT2D eigenvalue weighted by Gasteiger charge is -2.18. The van der Waals surface area contributed by atoms with E-state index < -0.39 is 10.0 Å². The van der Waals surface area contributed by atoms with Gasteiger partial charge in [0.1, 0.15) is 5.82 Å². The Morgan fingerprint density at radius 3 is 2.65 bits per heavy atom. The van der Waals surface area contributed by atoms with Gasteiger partial charge in [-0.05, 0) is 38.0 Å². The first-order valence-electron chi connectivity index (χ1n) is 7.48. The zero-order valence-electron chi connectivity index (χ0n) is 14.0. The van der Waals surface area contributed by atoms with Crippen molar-refractivity contribution in [3.8, 4) is 0 Å². The Labute approximate surface area is 137 Å². The van der Waals surface area contributed by atoms with Crippen LogP contribution in [0.25, 0.3) is 0 Å². The fraction of sp³-hybridized carbons (Fsp3) is 0.533. The second-order valence-electron chi connectivity index (χ2n) is 5.30. The molecule has 0 amide bonds. The number of aryl methyl sites for hydroxylation is 1. The highest BCUT2D eigenvalue weighted by molar-refractivity contribution is 7.88. The smallest absolute Gasteiger partial charge is 0.208 e. The first kappa shape index (κ1) is 19.4. The summed E-state index contributed by atoms with van der Waals surface area (Å²) in [5.41, 5.74) is 1.42. The summed E-state index contributed by atoms with van der Waals surface area (Å²) in [7, 11) is -3.21. The number of sulfonamides is 1. The Morgan fingerprint density at radius 1 is 1.39 bits per heavy atom. The maximum absolute atomic E-state index is 13.6. The third kappa shape index (κ3) is 7.43. The van der Waals surface area contributed by atoms with Crippen molar-refractivity contribution >= 4 is 16.0 Å². The molecule has 0 aliphatic rings. The predicted molar refractivity (Wildman–Crippen MR) is 91.5 cm³/mol. The zero-order valence-corrected chi connectivity index (χ0v) is 14.8. The molecule has 130 valence electrons. The summed E-state index contributed by atoms with van der Waals surface area (Å²) in [6.45, 7) is 6.76. The molecular weight excluding hydrogens is 319 g/mol. The number of hydrogen-bond acceptors (Lipinski definition) is 3. The Bertz CT molecular complexity index is 647. The highest BCUT2D eigenvalue weighted by Crippen LogP contribution is 2.16. The average molecular weight is 344 g/mol. The molecule has 1 aromatic rings. The van der Waals surface area contributed by atoms with Crippen LogP contribution in [-0.2, 0) is 10.0 Å². The van der Waals surface area contributed by atoms with Crippen LogP contribution in [0.2, 0.25) is 0 Å². The number of benzene rings is 1. The van der Waals surface area contributed by atoms with Gasteiger partial charge in [-0.15, -0.1) is 0 Å². The average Bonchev–Trinajstić information content (AvgIpc) is 2.45. The van der Waals surface area contributed by atoms with Gasteiger partial charge in [0.25, 0.3) is 0 Å². The summed E-state index contributed by atoms with van der Waals surface area (Å²) >= 11 is 0. The monoisotopic (exact) mass is 344 g/mol. The van der Waals surface area contributed by atoms with Crippen molar-refractivity contribution in [2.45, 2.75) is 26.8 Å². The van der Waals surface area contributed by atoms with Crippen molar-refractivity contribution in [1.29, 1.82) is 0 Å². The minimum Gasteiger partial charge on any atom is -0.357 e. The van der Waals surface area contributed by atoms with E-state index in [0.717, 1.165) is 11.8 Å². The number of halogens is 1.